The van der Waals surface area contributed by atoms with Crippen LogP contribution in [0, 0.1) is 0 Å². The van der Waals surface area contributed by atoms with Crippen LogP contribution >= 0.6 is 0 Å². The fourth-order valence-corrected chi connectivity index (χ4v) is 24.4. The average Bonchev–Trinajstić information content (AvgIpc) is 1.11. The molecule has 0 aromatic heterocycles. The molecule has 0 heteroatoms. The molecule has 141 heavy (non-hydrogen) atoms. The van der Waals surface area contributed by atoms with Crippen LogP contribution in [0.15, 0.2) is 0 Å². The van der Waals surface area contributed by atoms with Gasteiger partial charge in [-0.25, -0.2) is 0 Å². The predicted octanol–water partition coefficient (Wildman–Crippen LogP) is 55.3. The van der Waals surface area contributed by atoms with Crippen molar-refractivity contribution in [2.75, 3.05) is 0 Å². The van der Waals surface area contributed by atoms with E-state index in [0.29, 0.717) is 0 Å². The van der Waals surface area contributed by atoms with Gasteiger partial charge in [0.1, 0.15) is 0 Å². The first-order chi connectivity index (χ1) is 70.4. The van der Waals surface area contributed by atoms with Crippen molar-refractivity contribution in [2.24, 2.45) is 0 Å². The molecule has 0 N–H and O–H groups in total. The molecule has 0 aliphatic carbocycles. The molecule has 0 aliphatic heterocycles. The molecule has 0 rings (SSSR count). The standard InChI is InChI=1S/C141H284/c1-3-5-7-9-11-13-15-17-19-21-23-25-27-29-31-33-35-37-39-41-43-45-47-49-51-53-55-57-59-61-63-65-67-69-71-73-75-77-79-81-83-85-87-89-91-93-95-97-99-101-103-105-107-109-111-113-115-117-119-121-123-125-127-129-131-133-135-137-139-141-140-138-136-134-132-130-128-126-124-122-120-118-116-114-112-110-108-106-104-102-100-98-96-94-92-90-88-86-84-82-80-78-76-74-72-70-68-66-64-62-60-58-56-54-52-50-48-46-44-42-40-38-36-34-32-30-28-26-24-22-20-18-16-14-12-10-8-6-4-2/h3-141H2,1-2H3. The summed E-state index contributed by atoms with van der Waals surface area (Å²) in [6, 6.07) is 0. The summed E-state index contributed by atoms with van der Waals surface area (Å²) in [5.74, 6) is 0. The SMILES string of the molecule is CCCCCCCCCCCCCCCCCCCCCCCCCCCCCCCCCCCCCCCCCCCCCCCCCCCCCCCCCCCCCCCCCCCCCCCCCCCCCCCCCCCCCCCCCCCCCCCCCCCCCCCCCCCCCCCCCCCCCCCCCCCCCCCCCCCCCCCCCCCCC. The van der Waals surface area contributed by atoms with E-state index in [2.05, 4.69) is 13.8 Å². The Kier molecular flexibility index (Phi) is 140. The molecule has 0 radical (unpaired) electrons. The smallest absolute Gasteiger partial charge is 0.0533 e. The minimum absolute atomic E-state index is 1.37. The van der Waals surface area contributed by atoms with Crippen molar-refractivity contribution >= 4 is 0 Å². The number of hydrogen-bond donors (Lipinski definition) is 0. The zero-order chi connectivity index (χ0) is 100. The first kappa shape index (κ1) is 141. The van der Waals surface area contributed by atoms with E-state index in [1.165, 1.54) is 892 Å². The lowest BCUT2D eigenvalue weighted by Gasteiger charge is -2.05. The Labute approximate surface area is 900 Å². The Morgan fingerprint density at radius 2 is 0.0567 bits per heavy atom. The van der Waals surface area contributed by atoms with Gasteiger partial charge in [-0.15, -0.1) is 0 Å². The summed E-state index contributed by atoms with van der Waals surface area (Å²) < 4.78 is 0. The van der Waals surface area contributed by atoms with E-state index in [0.717, 1.165) is 0 Å². The molecule has 0 saturated carbocycles. The summed E-state index contributed by atoms with van der Waals surface area (Å²) >= 11 is 0. The molecule has 0 atom stereocenters. The summed E-state index contributed by atoms with van der Waals surface area (Å²) in [6.45, 7) is 4.64. The Balaban J connectivity index is 3.11. The second-order valence-corrected chi connectivity index (χ2v) is 49.4. The highest BCUT2D eigenvalue weighted by Gasteiger charge is 2.08. The zero-order valence-corrected chi connectivity index (χ0v) is 100. The van der Waals surface area contributed by atoms with Gasteiger partial charge in [0.2, 0.25) is 0 Å². The quantitative estimate of drug-likeness (QED) is 0.0533. The van der Waals surface area contributed by atoms with Crippen LogP contribution in [0.5, 0.6) is 0 Å². The van der Waals surface area contributed by atoms with Crippen molar-refractivity contribution in [2.45, 2.75) is 906 Å². The molecule has 0 aliphatic rings. The molecule has 0 aromatic rings. The van der Waals surface area contributed by atoms with E-state index in [1.807, 2.05) is 0 Å². The van der Waals surface area contributed by atoms with Gasteiger partial charge in [0, 0.05) is 0 Å². The fraction of sp³-hybridized carbons (Fsp3) is 1.00. The first-order valence-electron chi connectivity index (χ1n) is 70.4. The molecule has 0 unspecified atom stereocenters. The summed E-state index contributed by atoms with van der Waals surface area (Å²) in [5.41, 5.74) is 0. The van der Waals surface area contributed by atoms with Gasteiger partial charge in [0.25, 0.3) is 0 Å². The van der Waals surface area contributed by atoms with E-state index in [4.69, 9.17) is 0 Å². The van der Waals surface area contributed by atoms with Crippen LogP contribution in [-0.2, 0) is 0 Å². The van der Waals surface area contributed by atoms with Gasteiger partial charge >= 0.3 is 0 Å². The fourth-order valence-electron chi connectivity index (χ4n) is 24.4. The van der Waals surface area contributed by atoms with Crippen molar-refractivity contribution in [3.05, 3.63) is 0 Å². The number of hydrogen-bond acceptors (Lipinski definition) is 0. The van der Waals surface area contributed by atoms with Crippen LogP contribution in [0.1, 0.15) is 906 Å². The highest BCUT2D eigenvalue weighted by molar-refractivity contribution is 4.64. The largest absolute Gasteiger partial charge is 0.0654 e. The third-order valence-electron chi connectivity index (χ3n) is 34.7. The van der Waals surface area contributed by atoms with Crippen LogP contribution < -0.4 is 0 Å². The molecule has 0 aromatic carbocycles. The molecule has 0 amide bonds. The van der Waals surface area contributed by atoms with Crippen LogP contribution in [0.3, 0.4) is 0 Å². The van der Waals surface area contributed by atoms with E-state index >= 15 is 0 Å². The van der Waals surface area contributed by atoms with Gasteiger partial charge in [0.15, 0.2) is 0 Å². The highest BCUT2D eigenvalue weighted by atomic mass is 14.1. The second kappa shape index (κ2) is 140. The summed E-state index contributed by atoms with van der Waals surface area (Å²) in [4.78, 5) is 0. The molecule has 0 heterocycles. The summed E-state index contributed by atoms with van der Waals surface area (Å²) in [5, 5.41) is 0. The Hall–Kier alpha value is 0. The van der Waals surface area contributed by atoms with Gasteiger partial charge in [-0.05, 0) is 0 Å². The molecule has 0 fully saturated rings. The second-order valence-electron chi connectivity index (χ2n) is 49.4. The third-order valence-corrected chi connectivity index (χ3v) is 34.7. The normalized spacial score (nSPS) is 11.9. The van der Waals surface area contributed by atoms with Gasteiger partial charge < -0.3 is 0 Å². The molecule has 0 nitrogen and oxygen atoms in total. The van der Waals surface area contributed by atoms with Crippen molar-refractivity contribution in [1.29, 1.82) is 0 Å². The lowest BCUT2D eigenvalue weighted by molar-refractivity contribution is 0.504. The molecule has 0 saturated heterocycles. The summed E-state index contributed by atoms with van der Waals surface area (Å²) in [6.07, 6.45) is 208. The minimum Gasteiger partial charge on any atom is -0.0654 e. The van der Waals surface area contributed by atoms with Gasteiger partial charge in [0.05, 0.1) is 0 Å². The third kappa shape index (κ3) is 140. The highest BCUT2D eigenvalue weighted by Crippen LogP contribution is 2.28. The maximum Gasteiger partial charge on any atom is -0.0533 e. The van der Waals surface area contributed by atoms with E-state index in [-0.39, 0.29) is 0 Å². The van der Waals surface area contributed by atoms with Crippen LogP contribution in [-0.4, -0.2) is 0 Å². The van der Waals surface area contributed by atoms with Crippen LogP contribution in [0.2, 0.25) is 0 Å². The summed E-state index contributed by atoms with van der Waals surface area (Å²) in [7, 11) is 0. The van der Waals surface area contributed by atoms with Crippen LogP contribution in [0.4, 0.5) is 0 Å². The van der Waals surface area contributed by atoms with Gasteiger partial charge in [-0.2, -0.15) is 0 Å². The molecule has 848 valence electrons. The van der Waals surface area contributed by atoms with Crippen LogP contribution in [0.25, 0.3) is 0 Å². The first-order valence-corrected chi connectivity index (χ1v) is 70.4. The topological polar surface area (TPSA) is 0 Å². The lowest BCUT2D eigenvalue weighted by Crippen LogP contribution is -1.85. The van der Waals surface area contributed by atoms with Gasteiger partial charge in [-0.3, -0.25) is 0 Å². The number of rotatable bonds is 138. The van der Waals surface area contributed by atoms with E-state index in [9.17, 15) is 0 Å². The van der Waals surface area contributed by atoms with Crippen molar-refractivity contribution < 1.29 is 0 Å². The molecular formula is C141H284. The van der Waals surface area contributed by atoms with Crippen molar-refractivity contribution in [3.63, 3.8) is 0 Å². The maximum atomic E-state index is 2.32. The Morgan fingerprint density at radius 3 is 0.0780 bits per heavy atom. The van der Waals surface area contributed by atoms with Gasteiger partial charge in [-0.1, -0.05) is 906 Å². The number of unbranched alkanes of at least 4 members (excludes halogenated alkanes) is 138. The predicted molar refractivity (Wildman–Crippen MR) is 653 cm³/mol. The lowest BCUT2D eigenvalue weighted by atomic mass is 10.0. The maximum absolute atomic E-state index is 2.32. The van der Waals surface area contributed by atoms with Crippen molar-refractivity contribution in [3.8, 4) is 0 Å². The average molecular weight is 1980 g/mol. The Morgan fingerprint density at radius 1 is 0.0355 bits per heavy atom. The molecular weight excluding hydrogens is 1690 g/mol. The monoisotopic (exact) mass is 1980 g/mol. The van der Waals surface area contributed by atoms with E-state index < -0.39 is 0 Å². The van der Waals surface area contributed by atoms with Crippen molar-refractivity contribution in [1.82, 2.24) is 0 Å². The van der Waals surface area contributed by atoms with E-state index in [1.54, 1.807) is 0 Å². The molecule has 0 bridgehead atoms. The Bertz CT molecular complexity index is 1660. The minimum atomic E-state index is 1.37. The molecule has 0 spiro atoms. The zero-order valence-electron chi connectivity index (χ0n) is 100.